The highest BCUT2D eigenvalue weighted by atomic mass is 19.1. The summed E-state index contributed by atoms with van der Waals surface area (Å²) in [5.41, 5.74) is 0.366. The van der Waals surface area contributed by atoms with Gasteiger partial charge in [0.2, 0.25) is 0 Å². The fraction of sp³-hybridized carbons (Fsp3) is 0.278. The van der Waals surface area contributed by atoms with E-state index in [-0.39, 0.29) is 18.0 Å². The molecule has 0 bridgehead atoms. The molecule has 2 aromatic carbocycles. The molecule has 1 aliphatic carbocycles. The Labute approximate surface area is 138 Å². The van der Waals surface area contributed by atoms with Gasteiger partial charge in [-0.15, -0.1) is 0 Å². The Kier molecular flexibility index (Phi) is 4.85. The van der Waals surface area contributed by atoms with Crippen molar-refractivity contribution in [3.05, 3.63) is 65.5 Å². The molecule has 2 N–H and O–H groups in total. The zero-order chi connectivity index (χ0) is 17.1. The van der Waals surface area contributed by atoms with Crippen molar-refractivity contribution >= 4 is 11.6 Å². The molecule has 3 nitrogen and oxygen atoms in total. The highest BCUT2D eigenvalue weighted by molar-refractivity contribution is 5.91. The molecule has 2 aromatic rings. The molecule has 1 fully saturated rings. The third kappa shape index (κ3) is 4.14. The van der Waals surface area contributed by atoms with Crippen LogP contribution < -0.4 is 10.2 Å². The maximum Gasteiger partial charge on any atom is 0.279 e. The van der Waals surface area contributed by atoms with Gasteiger partial charge >= 0.3 is 0 Å². The Balaban J connectivity index is 1.66. The van der Waals surface area contributed by atoms with Crippen LogP contribution in [0.5, 0.6) is 0 Å². The summed E-state index contributed by atoms with van der Waals surface area (Å²) in [7, 11) is 0. The lowest BCUT2D eigenvalue weighted by molar-refractivity contribution is -0.917. The van der Waals surface area contributed by atoms with Gasteiger partial charge in [0.25, 0.3) is 5.91 Å². The molecule has 0 aliphatic heterocycles. The van der Waals surface area contributed by atoms with E-state index in [4.69, 9.17) is 0 Å². The lowest BCUT2D eigenvalue weighted by atomic mass is 10.2. The zero-order valence-corrected chi connectivity index (χ0v) is 13.0. The first kappa shape index (κ1) is 16.5. The van der Waals surface area contributed by atoms with E-state index >= 15 is 0 Å². The van der Waals surface area contributed by atoms with E-state index in [1.807, 2.05) is 0 Å². The Bertz CT molecular complexity index is 747. The van der Waals surface area contributed by atoms with Crippen LogP contribution in [-0.2, 0) is 11.3 Å². The van der Waals surface area contributed by atoms with Crippen molar-refractivity contribution in [3.63, 3.8) is 0 Å². The van der Waals surface area contributed by atoms with Gasteiger partial charge < -0.3 is 10.2 Å². The van der Waals surface area contributed by atoms with Gasteiger partial charge in [-0.3, -0.25) is 4.79 Å². The maximum absolute atomic E-state index is 13.8. The van der Waals surface area contributed by atoms with Gasteiger partial charge in [0, 0.05) is 24.5 Å². The van der Waals surface area contributed by atoms with Gasteiger partial charge in [0.05, 0.1) is 11.7 Å². The van der Waals surface area contributed by atoms with Crippen LogP contribution in [0, 0.1) is 17.5 Å². The summed E-state index contributed by atoms with van der Waals surface area (Å²) in [5.74, 6) is -2.03. The van der Waals surface area contributed by atoms with Crippen molar-refractivity contribution in [2.75, 3.05) is 11.9 Å². The number of hydrogen-bond acceptors (Lipinski definition) is 1. The van der Waals surface area contributed by atoms with Crippen LogP contribution in [-0.4, -0.2) is 18.5 Å². The number of halogens is 3. The second-order valence-corrected chi connectivity index (χ2v) is 6.05. The molecule has 1 amide bonds. The number of benzene rings is 2. The van der Waals surface area contributed by atoms with E-state index in [0.717, 1.165) is 35.9 Å². The van der Waals surface area contributed by atoms with E-state index < -0.39 is 17.5 Å². The quantitative estimate of drug-likeness (QED) is 0.834. The summed E-state index contributed by atoms with van der Waals surface area (Å²) in [5, 5.41) is 2.40. The number of carbonyl (C=O) groups excluding carboxylic acids is 1. The third-order valence-corrected chi connectivity index (χ3v) is 4.12. The topological polar surface area (TPSA) is 33.5 Å². The predicted molar refractivity (Wildman–Crippen MR) is 83.9 cm³/mol. The number of hydrogen-bond donors (Lipinski definition) is 2. The summed E-state index contributed by atoms with van der Waals surface area (Å²) >= 11 is 0. The van der Waals surface area contributed by atoms with Crippen molar-refractivity contribution in [2.45, 2.75) is 25.4 Å². The van der Waals surface area contributed by atoms with Gasteiger partial charge in [0.15, 0.2) is 6.54 Å². The van der Waals surface area contributed by atoms with E-state index in [9.17, 15) is 18.0 Å². The number of nitrogens with one attached hydrogen (secondary N) is 2. The average molecular weight is 335 g/mol. The van der Waals surface area contributed by atoms with Crippen LogP contribution in [0.3, 0.4) is 0 Å². The number of carbonyl (C=O) groups is 1. The van der Waals surface area contributed by atoms with Gasteiger partial charge in [-0.2, -0.15) is 0 Å². The minimum Gasteiger partial charge on any atom is -0.321 e. The Morgan fingerprint density at radius 3 is 2.54 bits per heavy atom. The van der Waals surface area contributed by atoms with E-state index in [1.54, 1.807) is 18.2 Å². The monoisotopic (exact) mass is 335 g/mol. The molecule has 3 rings (SSSR count). The predicted octanol–water partition coefficient (Wildman–Crippen LogP) is 2.29. The van der Waals surface area contributed by atoms with E-state index in [2.05, 4.69) is 5.32 Å². The summed E-state index contributed by atoms with van der Waals surface area (Å²) in [4.78, 5) is 13.1. The number of amides is 1. The first-order valence-corrected chi connectivity index (χ1v) is 7.86. The van der Waals surface area contributed by atoms with E-state index in [0.29, 0.717) is 18.2 Å². The van der Waals surface area contributed by atoms with Crippen LogP contribution in [0.4, 0.5) is 18.9 Å². The molecule has 0 aromatic heterocycles. The lowest BCUT2D eigenvalue weighted by Gasteiger charge is -2.19. The number of quaternary nitrogens is 1. The van der Waals surface area contributed by atoms with Crippen LogP contribution in [0.25, 0.3) is 0 Å². The lowest BCUT2D eigenvalue weighted by Crippen LogP contribution is -3.13. The maximum atomic E-state index is 13.8. The fourth-order valence-electron chi connectivity index (χ4n) is 2.72. The number of anilines is 1. The molecule has 24 heavy (non-hydrogen) atoms. The van der Waals surface area contributed by atoms with Gasteiger partial charge in [0.1, 0.15) is 24.0 Å². The van der Waals surface area contributed by atoms with Gasteiger partial charge in [-0.25, -0.2) is 13.2 Å². The summed E-state index contributed by atoms with van der Waals surface area (Å²) in [6.45, 7) is 0.464. The van der Waals surface area contributed by atoms with Gasteiger partial charge in [-0.05, 0) is 18.2 Å². The summed E-state index contributed by atoms with van der Waals surface area (Å²) in [6, 6.07) is 9.67. The normalized spacial score (nSPS) is 15.1. The molecule has 1 aliphatic rings. The minimum absolute atomic E-state index is 0.0783. The Morgan fingerprint density at radius 2 is 1.83 bits per heavy atom. The van der Waals surface area contributed by atoms with Crippen molar-refractivity contribution in [2.24, 2.45) is 0 Å². The SMILES string of the molecule is O=C(C[NH+](Cc1ccccc1F)C1CC1)Nc1cc(F)ccc1F. The zero-order valence-electron chi connectivity index (χ0n) is 13.0. The molecule has 0 radical (unpaired) electrons. The molecular formula is C18H18F3N2O+. The molecule has 0 spiro atoms. The Hall–Kier alpha value is -2.34. The summed E-state index contributed by atoms with van der Waals surface area (Å²) in [6.07, 6.45) is 1.96. The highest BCUT2D eigenvalue weighted by Crippen LogP contribution is 2.17. The number of rotatable bonds is 6. The van der Waals surface area contributed by atoms with Gasteiger partial charge in [-0.1, -0.05) is 18.2 Å². The van der Waals surface area contributed by atoms with E-state index in [1.165, 1.54) is 6.07 Å². The standard InChI is InChI=1S/C18H17F3N2O/c19-13-5-8-16(21)17(9-13)22-18(24)11-23(14-6-7-14)10-12-3-1-2-4-15(12)20/h1-5,8-9,14H,6-7,10-11H2,(H,22,24)/p+1. The molecule has 6 heteroatoms. The molecular weight excluding hydrogens is 317 g/mol. The van der Waals surface area contributed by atoms with Crippen LogP contribution in [0.2, 0.25) is 0 Å². The Morgan fingerprint density at radius 1 is 1.08 bits per heavy atom. The van der Waals surface area contributed by atoms with Crippen molar-refractivity contribution in [1.29, 1.82) is 0 Å². The second-order valence-electron chi connectivity index (χ2n) is 6.05. The molecule has 1 unspecified atom stereocenters. The van der Waals surface area contributed by atoms with Crippen molar-refractivity contribution < 1.29 is 22.9 Å². The molecule has 1 atom stereocenters. The van der Waals surface area contributed by atoms with Crippen LogP contribution in [0.1, 0.15) is 18.4 Å². The van der Waals surface area contributed by atoms with Crippen molar-refractivity contribution in [3.8, 4) is 0 Å². The first-order valence-electron chi connectivity index (χ1n) is 7.86. The highest BCUT2D eigenvalue weighted by Gasteiger charge is 2.35. The summed E-state index contributed by atoms with van der Waals surface area (Å²) < 4.78 is 40.6. The molecule has 0 saturated heterocycles. The third-order valence-electron chi connectivity index (χ3n) is 4.12. The van der Waals surface area contributed by atoms with Crippen molar-refractivity contribution in [1.82, 2.24) is 0 Å². The minimum atomic E-state index is -0.688. The van der Waals surface area contributed by atoms with Crippen LogP contribution >= 0.6 is 0 Å². The molecule has 126 valence electrons. The average Bonchev–Trinajstić information content (AvgIpc) is 3.37. The molecule has 1 saturated carbocycles. The van der Waals surface area contributed by atoms with Crippen LogP contribution in [0.15, 0.2) is 42.5 Å². The first-order chi connectivity index (χ1) is 11.5. The fourth-order valence-corrected chi connectivity index (χ4v) is 2.72. The molecule has 0 heterocycles. The second kappa shape index (κ2) is 7.05. The largest absolute Gasteiger partial charge is 0.321 e. The smallest absolute Gasteiger partial charge is 0.279 e.